The summed E-state index contributed by atoms with van der Waals surface area (Å²) >= 11 is 0. The van der Waals surface area contributed by atoms with Gasteiger partial charge in [0.1, 0.15) is 0 Å². The molecule has 2 aromatic carbocycles. The largest absolute Gasteiger partial charge is 0.379 e. The molecule has 156 valence electrons. The average Bonchev–Trinajstić information content (AvgIpc) is 2.74. The number of nitrogens with zero attached hydrogens (tertiary/aromatic N) is 1. The summed E-state index contributed by atoms with van der Waals surface area (Å²) in [4.78, 5) is 14.7. The Hall–Kier alpha value is -2.26. The molecule has 1 heterocycles. The summed E-state index contributed by atoms with van der Waals surface area (Å²) in [6.07, 6.45) is 1.01. The number of nitrogens with one attached hydrogen (secondary N) is 2. The lowest BCUT2D eigenvalue weighted by atomic mass is 10.1. The van der Waals surface area contributed by atoms with Crippen LogP contribution in [-0.2, 0) is 26.0 Å². The van der Waals surface area contributed by atoms with E-state index in [-0.39, 0.29) is 23.8 Å². The molecule has 0 aromatic heterocycles. The third-order valence-electron chi connectivity index (χ3n) is 4.76. The van der Waals surface area contributed by atoms with Gasteiger partial charge in [0.05, 0.1) is 18.1 Å². The summed E-state index contributed by atoms with van der Waals surface area (Å²) in [5.41, 5.74) is 1.92. The lowest BCUT2D eigenvalue weighted by molar-refractivity contribution is -0.116. The van der Waals surface area contributed by atoms with Crippen molar-refractivity contribution >= 4 is 21.6 Å². The molecule has 2 aromatic rings. The number of hydrogen-bond acceptors (Lipinski definition) is 5. The fourth-order valence-electron chi connectivity index (χ4n) is 3.07. The molecule has 2 N–H and O–H groups in total. The number of carbonyl (C=O) groups is 1. The van der Waals surface area contributed by atoms with E-state index in [1.54, 1.807) is 18.2 Å². The van der Waals surface area contributed by atoms with Crippen LogP contribution in [0.1, 0.15) is 12.0 Å². The highest BCUT2D eigenvalue weighted by atomic mass is 32.2. The van der Waals surface area contributed by atoms with Crippen LogP contribution in [0.15, 0.2) is 59.5 Å². The predicted octanol–water partition coefficient (Wildman–Crippen LogP) is 1.87. The number of amides is 1. The fourth-order valence-corrected chi connectivity index (χ4v) is 4.13. The molecule has 8 heteroatoms. The molecule has 3 rings (SSSR count). The zero-order valence-electron chi connectivity index (χ0n) is 16.3. The van der Waals surface area contributed by atoms with Gasteiger partial charge in [-0.2, -0.15) is 0 Å². The van der Waals surface area contributed by atoms with E-state index < -0.39 is 10.0 Å². The molecule has 29 heavy (non-hydrogen) atoms. The first-order chi connectivity index (χ1) is 14.0. The third-order valence-corrected chi connectivity index (χ3v) is 6.23. The Morgan fingerprint density at radius 1 is 1.00 bits per heavy atom. The highest BCUT2D eigenvalue weighted by molar-refractivity contribution is 7.89. The van der Waals surface area contributed by atoms with Crippen molar-refractivity contribution < 1.29 is 17.9 Å². The molecule has 7 nitrogen and oxygen atoms in total. The van der Waals surface area contributed by atoms with Crippen molar-refractivity contribution in [1.29, 1.82) is 0 Å². The minimum atomic E-state index is -3.59. The molecule has 1 aliphatic rings. The number of hydrogen-bond donors (Lipinski definition) is 2. The van der Waals surface area contributed by atoms with Crippen LogP contribution in [-0.4, -0.2) is 58.6 Å². The van der Waals surface area contributed by atoms with Gasteiger partial charge in [-0.05, 0) is 36.2 Å². The van der Waals surface area contributed by atoms with Gasteiger partial charge in [0.15, 0.2) is 0 Å². The molecule has 1 amide bonds. The van der Waals surface area contributed by atoms with Gasteiger partial charge in [0.2, 0.25) is 15.9 Å². The minimum Gasteiger partial charge on any atom is -0.379 e. The van der Waals surface area contributed by atoms with E-state index >= 15 is 0 Å². The Labute approximate surface area is 172 Å². The quantitative estimate of drug-likeness (QED) is 0.650. The topological polar surface area (TPSA) is 87.7 Å². The van der Waals surface area contributed by atoms with Crippen molar-refractivity contribution in [3.8, 4) is 0 Å². The number of rotatable bonds is 9. The monoisotopic (exact) mass is 417 g/mol. The third kappa shape index (κ3) is 6.93. The maximum Gasteiger partial charge on any atom is 0.240 e. The van der Waals surface area contributed by atoms with Gasteiger partial charge in [-0.3, -0.25) is 9.69 Å². The molecule has 0 aliphatic carbocycles. The van der Waals surface area contributed by atoms with E-state index in [1.165, 1.54) is 17.7 Å². The molecule has 1 aliphatic heterocycles. The smallest absolute Gasteiger partial charge is 0.240 e. The van der Waals surface area contributed by atoms with E-state index in [9.17, 15) is 13.2 Å². The highest BCUT2D eigenvalue weighted by Gasteiger charge is 2.13. The van der Waals surface area contributed by atoms with E-state index in [1.807, 2.05) is 24.3 Å². The molecular weight excluding hydrogens is 390 g/mol. The van der Waals surface area contributed by atoms with Crippen LogP contribution in [0.3, 0.4) is 0 Å². The Bertz CT molecular complexity index is 880. The van der Waals surface area contributed by atoms with Crippen LogP contribution < -0.4 is 10.0 Å². The SMILES string of the molecule is O=C(CCNS(=O)(=O)c1ccccc1)Nc1ccc(CCN2CCOCC2)cc1. The van der Waals surface area contributed by atoms with E-state index in [4.69, 9.17) is 4.74 Å². The van der Waals surface area contributed by atoms with E-state index in [2.05, 4.69) is 14.9 Å². The molecule has 0 saturated carbocycles. The Morgan fingerprint density at radius 2 is 1.69 bits per heavy atom. The molecule has 0 spiro atoms. The zero-order chi connectivity index (χ0) is 20.5. The van der Waals surface area contributed by atoms with Crippen LogP contribution in [0.25, 0.3) is 0 Å². The molecule has 1 saturated heterocycles. The first-order valence-electron chi connectivity index (χ1n) is 9.76. The summed E-state index contributed by atoms with van der Waals surface area (Å²) in [5.74, 6) is -0.234. The lowest BCUT2D eigenvalue weighted by Crippen LogP contribution is -2.37. The predicted molar refractivity (Wildman–Crippen MR) is 112 cm³/mol. The van der Waals surface area contributed by atoms with Crippen LogP contribution in [0.5, 0.6) is 0 Å². The van der Waals surface area contributed by atoms with Crippen molar-refractivity contribution in [2.24, 2.45) is 0 Å². The van der Waals surface area contributed by atoms with Crippen LogP contribution in [0.4, 0.5) is 5.69 Å². The fraction of sp³-hybridized carbons (Fsp3) is 0.381. The Kier molecular flexibility index (Phi) is 7.76. The summed E-state index contributed by atoms with van der Waals surface area (Å²) < 4.78 is 32.1. The standard InChI is InChI=1S/C21H27N3O4S/c25-21(10-12-22-29(26,27)20-4-2-1-3-5-20)23-19-8-6-18(7-9-19)11-13-24-14-16-28-17-15-24/h1-9,22H,10-17H2,(H,23,25). The van der Waals surface area contributed by atoms with Crippen molar-refractivity contribution in [3.63, 3.8) is 0 Å². The molecular formula is C21H27N3O4S. The maximum absolute atomic E-state index is 12.1. The van der Waals surface area contributed by atoms with Gasteiger partial charge in [-0.1, -0.05) is 30.3 Å². The second-order valence-corrected chi connectivity index (χ2v) is 8.68. The van der Waals surface area contributed by atoms with Gasteiger partial charge in [0, 0.05) is 38.3 Å². The second-order valence-electron chi connectivity index (χ2n) is 6.91. The zero-order valence-corrected chi connectivity index (χ0v) is 17.2. The summed E-state index contributed by atoms with van der Waals surface area (Å²) in [7, 11) is -3.59. The normalized spacial score (nSPS) is 15.2. The molecule has 0 atom stereocenters. The van der Waals surface area contributed by atoms with Gasteiger partial charge >= 0.3 is 0 Å². The van der Waals surface area contributed by atoms with Crippen LogP contribution in [0, 0.1) is 0 Å². The molecule has 1 fully saturated rings. The second kappa shape index (κ2) is 10.5. The number of benzene rings is 2. The number of anilines is 1. The first kappa shape index (κ1) is 21.4. The number of morpholine rings is 1. The van der Waals surface area contributed by atoms with Crippen molar-refractivity contribution in [3.05, 3.63) is 60.2 Å². The maximum atomic E-state index is 12.1. The van der Waals surface area contributed by atoms with E-state index in [0.29, 0.717) is 5.69 Å². The molecule has 0 unspecified atom stereocenters. The Balaban J connectivity index is 1.40. The number of carbonyl (C=O) groups excluding carboxylic acids is 1. The van der Waals surface area contributed by atoms with Gasteiger partial charge in [-0.25, -0.2) is 13.1 Å². The number of ether oxygens (including phenoxy) is 1. The van der Waals surface area contributed by atoms with Crippen molar-refractivity contribution in [1.82, 2.24) is 9.62 Å². The van der Waals surface area contributed by atoms with Crippen LogP contribution in [0.2, 0.25) is 0 Å². The lowest BCUT2D eigenvalue weighted by Gasteiger charge is -2.26. The summed E-state index contributed by atoms with van der Waals surface area (Å²) in [6, 6.07) is 15.9. The van der Waals surface area contributed by atoms with Gasteiger partial charge < -0.3 is 10.1 Å². The van der Waals surface area contributed by atoms with Gasteiger partial charge in [-0.15, -0.1) is 0 Å². The van der Waals surface area contributed by atoms with Crippen molar-refractivity contribution in [2.75, 3.05) is 44.7 Å². The molecule has 0 radical (unpaired) electrons. The minimum absolute atomic E-state index is 0.0424. The van der Waals surface area contributed by atoms with Crippen LogP contribution >= 0.6 is 0 Å². The van der Waals surface area contributed by atoms with Gasteiger partial charge in [0.25, 0.3) is 0 Å². The van der Waals surface area contributed by atoms with Crippen molar-refractivity contribution in [2.45, 2.75) is 17.7 Å². The number of sulfonamides is 1. The summed E-state index contributed by atoms with van der Waals surface area (Å²) in [5, 5.41) is 2.80. The Morgan fingerprint density at radius 3 is 2.38 bits per heavy atom. The van der Waals surface area contributed by atoms with E-state index in [0.717, 1.165) is 39.3 Å². The first-order valence-corrected chi connectivity index (χ1v) is 11.2. The average molecular weight is 418 g/mol. The summed E-state index contributed by atoms with van der Waals surface area (Å²) in [6.45, 7) is 4.58. The molecule has 0 bridgehead atoms. The highest BCUT2D eigenvalue weighted by Crippen LogP contribution is 2.12.